The van der Waals surface area contributed by atoms with Crippen molar-refractivity contribution in [3.63, 3.8) is 0 Å². The van der Waals surface area contributed by atoms with Gasteiger partial charge in [0.2, 0.25) is 0 Å². The van der Waals surface area contributed by atoms with E-state index in [1.165, 1.54) is 0 Å². The van der Waals surface area contributed by atoms with Crippen LogP contribution in [0.15, 0.2) is 48.7 Å². The van der Waals surface area contributed by atoms with E-state index in [1.807, 2.05) is 49.5 Å². The molecule has 0 fully saturated rings. The maximum atomic E-state index is 12.0. The summed E-state index contributed by atoms with van der Waals surface area (Å²) in [5, 5.41) is 6.46. The Labute approximate surface area is 159 Å². The summed E-state index contributed by atoms with van der Waals surface area (Å²) in [7, 11) is 0. The Bertz CT molecular complexity index is 933. The third-order valence-corrected chi connectivity index (χ3v) is 4.67. The van der Waals surface area contributed by atoms with Gasteiger partial charge in [-0.1, -0.05) is 18.2 Å². The van der Waals surface area contributed by atoms with Crippen LogP contribution in [0.2, 0.25) is 0 Å². The second-order valence-electron chi connectivity index (χ2n) is 5.78. The van der Waals surface area contributed by atoms with Gasteiger partial charge in [-0.05, 0) is 71.3 Å². The van der Waals surface area contributed by atoms with Crippen molar-refractivity contribution in [2.24, 2.45) is 0 Å². The maximum absolute atomic E-state index is 12.0. The summed E-state index contributed by atoms with van der Waals surface area (Å²) in [6.07, 6.45) is 2.59. The Morgan fingerprint density at radius 2 is 1.92 bits per heavy atom. The minimum absolute atomic E-state index is 0.403. The molecule has 6 heteroatoms. The molecule has 0 bridgehead atoms. The summed E-state index contributed by atoms with van der Waals surface area (Å²) in [5.74, 6) is -1.28. The first-order valence-corrected chi connectivity index (χ1v) is 9.03. The molecule has 1 heterocycles. The van der Waals surface area contributed by atoms with Gasteiger partial charge in [-0.3, -0.25) is 9.59 Å². The highest BCUT2D eigenvalue weighted by atomic mass is 127. The number of benzene rings is 2. The summed E-state index contributed by atoms with van der Waals surface area (Å²) in [6, 6.07) is 13.6. The fourth-order valence-corrected chi connectivity index (χ4v) is 3.32. The molecule has 128 valence electrons. The van der Waals surface area contributed by atoms with E-state index < -0.39 is 11.8 Å². The highest BCUT2D eigenvalue weighted by Gasteiger charge is 2.14. The van der Waals surface area contributed by atoms with Gasteiger partial charge in [0.25, 0.3) is 0 Å². The van der Waals surface area contributed by atoms with Gasteiger partial charge in [0, 0.05) is 32.9 Å². The van der Waals surface area contributed by atoms with Crippen LogP contribution < -0.4 is 10.6 Å². The molecule has 0 spiro atoms. The lowest BCUT2D eigenvalue weighted by Crippen LogP contribution is -2.36. The molecule has 5 nitrogen and oxygen atoms in total. The molecule has 0 unspecified atom stereocenters. The number of fused-ring (bicyclic) bond motifs is 1. The van der Waals surface area contributed by atoms with Crippen LogP contribution >= 0.6 is 22.6 Å². The number of rotatable bonds is 4. The van der Waals surface area contributed by atoms with Crippen LogP contribution in [0.3, 0.4) is 0 Å². The average molecular weight is 447 g/mol. The third kappa shape index (κ3) is 4.19. The molecule has 0 radical (unpaired) electrons. The number of anilines is 1. The van der Waals surface area contributed by atoms with E-state index in [9.17, 15) is 9.59 Å². The molecule has 0 atom stereocenters. The molecule has 0 saturated carbocycles. The number of carbonyl (C=O) groups excluding carboxylic acids is 2. The minimum Gasteiger partial charge on any atom is -0.361 e. The van der Waals surface area contributed by atoms with E-state index in [0.717, 1.165) is 25.6 Å². The summed E-state index contributed by atoms with van der Waals surface area (Å²) >= 11 is 2.20. The third-order valence-electron chi connectivity index (χ3n) is 4.00. The predicted octanol–water partition coefficient (Wildman–Crippen LogP) is 3.38. The van der Waals surface area contributed by atoms with Gasteiger partial charge >= 0.3 is 11.8 Å². The highest BCUT2D eigenvalue weighted by molar-refractivity contribution is 14.1. The van der Waals surface area contributed by atoms with Crippen molar-refractivity contribution in [3.05, 3.63) is 63.4 Å². The standard InChI is InChI=1S/C19H18IN3O2/c1-12-10-14(20)6-7-16(12)23-19(25)18(24)21-9-8-13-11-22-17-5-3-2-4-15(13)17/h2-7,10-11,22H,8-9H2,1H3,(H,21,24)(H,23,25). The first-order valence-electron chi connectivity index (χ1n) is 7.95. The van der Waals surface area contributed by atoms with E-state index in [0.29, 0.717) is 18.7 Å². The molecule has 3 rings (SSSR count). The number of aryl methyl sites for hydroxylation is 1. The molecule has 3 aromatic rings. The van der Waals surface area contributed by atoms with Gasteiger partial charge < -0.3 is 15.6 Å². The Kier molecular flexibility index (Phi) is 5.37. The van der Waals surface area contributed by atoms with Gasteiger partial charge in [0.15, 0.2) is 0 Å². The fraction of sp³-hybridized carbons (Fsp3) is 0.158. The molecule has 0 aliphatic rings. The van der Waals surface area contributed by atoms with Crippen LogP contribution in [0.1, 0.15) is 11.1 Å². The van der Waals surface area contributed by atoms with Gasteiger partial charge in [0.1, 0.15) is 0 Å². The molecule has 0 aliphatic carbocycles. The maximum Gasteiger partial charge on any atom is 0.313 e. The lowest BCUT2D eigenvalue weighted by molar-refractivity contribution is -0.136. The number of H-pyrrole nitrogens is 1. The van der Waals surface area contributed by atoms with E-state index in [1.54, 1.807) is 6.07 Å². The van der Waals surface area contributed by atoms with Crippen LogP contribution in [-0.2, 0) is 16.0 Å². The van der Waals surface area contributed by atoms with E-state index >= 15 is 0 Å². The van der Waals surface area contributed by atoms with Crippen molar-refractivity contribution in [3.8, 4) is 0 Å². The summed E-state index contributed by atoms with van der Waals surface area (Å²) < 4.78 is 1.08. The molecular weight excluding hydrogens is 429 g/mol. The normalized spacial score (nSPS) is 10.6. The average Bonchev–Trinajstić information content (AvgIpc) is 3.00. The van der Waals surface area contributed by atoms with Crippen LogP contribution in [0.25, 0.3) is 10.9 Å². The molecule has 2 aromatic carbocycles. The zero-order valence-corrected chi connectivity index (χ0v) is 15.9. The van der Waals surface area contributed by atoms with Gasteiger partial charge in [-0.25, -0.2) is 0 Å². The highest BCUT2D eigenvalue weighted by Crippen LogP contribution is 2.18. The number of aromatic nitrogens is 1. The Morgan fingerprint density at radius 1 is 1.12 bits per heavy atom. The number of hydrogen-bond donors (Lipinski definition) is 3. The van der Waals surface area contributed by atoms with Crippen molar-refractivity contribution >= 4 is 51.0 Å². The largest absolute Gasteiger partial charge is 0.361 e. The summed E-state index contributed by atoms with van der Waals surface area (Å²) in [5.41, 5.74) is 3.75. The molecule has 2 amide bonds. The first-order chi connectivity index (χ1) is 12.0. The number of carbonyl (C=O) groups is 2. The van der Waals surface area contributed by atoms with Crippen LogP contribution in [0.5, 0.6) is 0 Å². The number of amides is 2. The number of hydrogen-bond acceptors (Lipinski definition) is 2. The van der Waals surface area contributed by atoms with Gasteiger partial charge in [-0.15, -0.1) is 0 Å². The van der Waals surface area contributed by atoms with E-state index in [2.05, 4.69) is 38.2 Å². The Morgan fingerprint density at radius 3 is 2.72 bits per heavy atom. The molecule has 25 heavy (non-hydrogen) atoms. The second-order valence-corrected chi connectivity index (χ2v) is 7.02. The number of halogens is 1. The zero-order valence-electron chi connectivity index (χ0n) is 13.7. The van der Waals surface area contributed by atoms with Crippen LogP contribution in [-0.4, -0.2) is 23.3 Å². The number of aromatic amines is 1. The van der Waals surface area contributed by atoms with Crippen molar-refractivity contribution in [1.82, 2.24) is 10.3 Å². The second kappa shape index (κ2) is 7.69. The molecule has 1 aromatic heterocycles. The molecular formula is C19H18IN3O2. The monoisotopic (exact) mass is 447 g/mol. The van der Waals surface area contributed by atoms with Crippen LogP contribution in [0, 0.1) is 10.5 Å². The topological polar surface area (TPSA) is 74.0 Å². The van der Waals surface area contributed by atoms with Crippen molar-refractivity contribution in [2.45, 2.75) is 13.3 Å². The lowest BCUT2D eigenvalue weighted by atomic mass is 10.1. The number of para-hydroxylation sites is 1. The minimum atomic E-state index is -0.650. The molecule has 0 aliphatic heterocycles. The van der Waals surface area contributed by atoms with E-state index in [4.69, 9.17) is 0 Å². The van der Waals surface area contributed by atoms with Gasteiger partial charge in [0.05, 0.1) is 0 Å². The van der Waals surface area contributed by atoms with E-state index in [-0.39, 0.29) is 0 Å². The van der Waals surface area contributed by atoms with Crippen molar-refractivity contribution < 1.29 is 9.59 Å². The quantitative estimate of drug-likeness (QED) is 0.424. The van der Waals surface area contributed by atoms with Crippen molar-refractivity contribution in [2.75, 3.05) is 11.9 Å². The summed E-state index contributed by atoms with van der Waals surface area (Å²) in [4.78, 5) is 27.2. The molecule has 0 saturated heterocycles. The predicted molar refractivity (Wildman–Crippen MR) is 108 cm³/mol. The van der Waals surface area contributed by atoms with Gasteiger partial charge in [-0.2, -0.15) is 0 Å². The van der Waals surface area contributed by atoms with Crippen LogP contribution in [0.4, 0.5) is 5.69 Å². The smallest absolute Gasteiger partial charge is 0.313 e. The van der Waals surface area contributed by atoms with Crippen molar-refractivity contribution in [1.29, 1.82) is 0 Å². The first kappa shape index (κ1) is 17.5. The Hall–Kier alpha value is -2.35. The Balaban J connectivity index is 1.54. The zero-order chi connectivity index (χ0) is 17.8. The lowest BCUT2D eigenvalue weighted by Gasteiger charge is -2.09. The SMILES string of the molecule is Cc1cc(I)ccc1NC(=O)C(=O)NCCc1c[nH]c2ccccc12. The molecule has 3 N–H and O–H groups in total. The number of nitrogens with one attached hydrogen (secondary N) is 3. The fourth-order valence-electron chi connectivity index (χ4n) is 2.68. The summed E-state index contributed by atoms with van der Waals surface area (Å²) in [6.45, 7) is 2.30.